The van der Waals surface area contributed by atoms with Crippen LogP contribution in [0.4, 0.5) is 4.39 Å². The smallest absolute Gasteiger partial charge is 0.259 e. The molecule has 5 nitrogen and oxygen atoms in total. The Balaban J connectivity index is 1.91. The van der Waals surface area contributed by atoms with E-state index in [2.05, 4.69) is 15.8 Å². The highest BCUT2D eigenvalue weighted by molar-refractivity contribution is 6.38. The predicted octanol–water partition coefficient (Wildman–Crippen LogP) is 3.67. The van der Waals surface area contributed by atoms with Crippen molar-refractivity contribution >= 4 is 52.8 Å². The summed E-state index contributed by atoms with van der Waals surface area (Å²) in [5.41, 5.74) is 2.30. The van der Waals surface area contributed by atoms with E-state index in [9.17, 15) is 14.0 Å². The highest BCUT2D eigenvalue weighted by Gasteiger charge is 2.16. The minimum Gasteiger partial charge on any atom is -0.343 e. The van der Waals surface area contributed by atoms with Crippen LogP contribution in [0.2, 0.25) is 15.1 Å². The summed E-state index contributed by atoms with van der Waals surface area (Å²) in [5.74, 6) is -2.21. The molecule has 9 heteroatoms. The van der Waals surface area contributed by atoms with Gasteiger partial charge in [0.15, 0.2) is 0 Å². The molecule has 0 bridgehead atoms. The number of halogens is 4. The van der Waals surface area contributed by atoms with E-state index in [1.807, 2.05) is 0 Å². The molecule has 0 aliphatic rings. The molecular weight excluding hydrogens is 392 g/mol. The summed E-state index contributed by atoms with van der Waals surface area (Å²) in [6.45, 7) is -0.420. The third-order valence-corrected chi connectivity index (χ3v) is 3.96. The van der Waals surface area contributed by atoms with Gasteiger partial charge in [0, 0.05) is 5.56 Å². The van der Waals surface area contributed by atoms with Crippen LogP contribution in [-0.4, -0.2) is 24.6 Å². The van der Waals surface area contributed by atoms with Crippen molar-refractivity contribution in [1.29, 1.82) is 0 Å². The van der Waals surface area contributed by atoms with Gasteiger partial charge in [-0.3, -0.25) is 9.59 Å². The van der Waals surface area contributed by atoms with E-state index >= 15 is 0 Å². The lowest BCUT2D eigenvalue weighted by molar-refractivity contribution is -0.120. The number of rotatable bonds is 5. The van der Waals surface area contributed by atoms with E-state index in [1.54, 1.807) is 18.2 Å². The maximum atomic E-state index is 13.6. The second-order valence-corrected chi connectivity index (χ2v) is 5.93. The molecule has 2 aromatic carbocycles. The van der Waals surface area contributed by atoms with Crippen molar-refractivity contribution in [3.63, 3.8) is 0 Å². The molecule has 25 heavy (non-hydrogen) atoms. The van der Waals surface area contributed by atoms with Gasteiger partial charge < -0.3 is 5.32 Å². The average molecular weight is 403 g/mol. The molecule has 0 radical (unpaired) electrons. The third kappa shape index (κ3) is 5.16. The van der Waals surface area contributed by atoms with Crippen molar-refractivity contribution in [1.82, 2.24) is 10.7 Å². The number of carbonyl (C=O) groups is 2. The Hall–Kier alpha value is -2.15. The molecule has 0 aromatic heterocycles. The Bertz CT molecular complexity index is 803. The van der Waals surface area contributed by atoms with Crippen LogP contribution in [0.1, 0.15) is 15.9 Å². The molecule has 2 aromatic rings. The summed E-state index contributed by atoms with van der Waals surface area (Å²) in [6.07, 6.45) is 1.28. The van der Waals surface area contributed by atoms with Crippen LogP contribution in [-0.2, 0) is 4.79 Å². The normalized spacial score (nSPS) is 10.7. The van der Waals surface area contributed by atoms with E-state index in [0.29, 0.717) is 15.6 Å². The van der Waals surface area contributed by atoms with Crippen LogP contribution in [0.25, 0.3) is 0 Å². The van der Waals surface area contributed by atoms with Crippen molar-refractivity contribution in [2.24, 2.45) is 5.10 Å². The number of carbonyl (C=O) groups excluding carboxylic acids is 2. The third-order valence-electron chi connectivity index (χ3n) is 2.98. The van der Waals surface area contributed by atoms with Gasteiger partial charge in [-0.15, -0.1) is 0 Å². The van der Waals surface area contributed by atoms with E-state index in [0.717, 1.165) is 6.07 Å². The van der Waals surface area contributed by atoms with Gasteiger partial charge in [-0.25, -0.2) is 9.82 Å². The van der Waals surface area contributed by atoms with Crippen LogP contribution in [0.5, 0.6) is 0 Å². The maximum Gasteiger partial charge on any atom is 0.259 e. The number of hydrogen-bond acceptors (Lipinski definition) is 3. The fourth-order valence-electron chi connectivity index (χ4n) is 1.81. The zero-order valence-electron chi connectivity index (χ0n) is 12.5. The van der Waals surface area contributed by atoms with E-state index < -0.39 is 24.2 Å². The van der Waals surface area contributed by atoms with Crippen molar-refractivity contribution in [2.75, 3.05) is 6.54 Å². The van der Waals surface area contributed by atoms with E-state index in [1.165, 1.54) is 18.3 Å². The van der Waals surface area contributed by atoms with Crippen molar-refractivity contribution in [3.8, 4) is 0 Å². The minimum atomic E-state index is -0.809. The maximum absolute atomic E-state index is 13.6. The molecule has 0 heterocycles. The molecule has 0 spiro atoms. The molecule has 2 N–H and O–H groups in total. The number of hydrazone groups is 1. The lowest BCUT2D eigenvalue weighted by Gasteiger charge is -2.07. The fraction of sp³-hybridized carbons (Fsp3) is 0.0625. The van der Waals surface area contributed by atoms with Gasteiger partial charge in [0.2, 0.25) is 0 Å². The minimum absolute atomic E-state index is 0.0516. The molecule has 0 saturated carbocycles. The first-order valence-electron chi connectivity index (χ1n) is 6.88. The Morgan fingerprint density at radius 3 is 2.28 bits per heavy atom. The SMILES string of the molecule is O=C(CNC(=O)c1c(F)cccc1Cl)N/N=C/c1c(Cl)cccc1Cl. The number of nitrogens with zero attached hydrogens (tertiary/aromatic N) is 1. The Morgan fingerprint density at radius 1 is 1.04 bits per heavy atom. The lowest BCUT2D eigenvalue weighted by Crippen LogP contribution is -2.35. The molecular formula is C16H11Cl3FN3O2. The molecule has 2 amide bonds. The topological polar surface area (TPSA) is 70.6 Å². The van der Waals surface area contributed by atoms with Gasteiger partial charge >= 0.3 is 0 Å². The largest absolute Gasteiger partial charge is 0.343 e. The molecule has 0 fully saturated rings. The molecule has 130 valence electrons. The first kappa shape index (κ1) is 19.2. The number of hydrogen-bond donors (Lipinski definition) is 2. The van der Waals surface area contributed by atoms with E-state index in [4.69, 9.17) is 34.8 Å². The zero-order chi connectivity index (χ0) is 18.4. The molecule has 0 unspecified atom stereocenters. The van der Waals surface area contributed by atoms with Crippen LogP contribution in [0.3, 0.4) is 0 Å². The van der Waals surface area contributed by atoms with Gasteiger partial charge in [-0.2, -0.15) is 5.10 Å². The summed E-state index contributed by atoms with van der Waals surface area (Å²) in [6, 6.07) is 8.75. The van der Waals surface area contributed by atoms with Crippen molar-refractivity contribution < 1.29 is 14.0 Å². The molecule has 0 saturated heterocycles. The quantitative estimate of drug-likeness (QED) is 0.592. The Labute approximate surface area is 157 Å². The van der Waals surface area contributed by atoms with Gasteiger partial charge in [0.1, 0.15) is 5.82 Å². The van der Waals surface area contributed by atoms with Crippen LogP contribution in [0, 0.1) is 5.82 Å². The monoisotopic (exact) mass is 401 g/mol. The van der Waals surface area contributed by atoms with Gasteiger partial charge in [-0.1, -0.05) is 46.9 Å². The molecule has 0 aliphatic heterocycles. The fourth-order valence-corrected chi connectivity index (χ4v) is 2.55. The molecule has 2 rings (SSSR count). The summed E-state index contributed by atoms with van der Waals surface area (Å²) in [4.78, 5) is 23.6. The van der Waals surface area contributed by atoms with Crippen molar-refractivity contribution in [3.05, 3.63) is 68.4 Å². The highest BCUT2D eigenvalue weighted by atomic mass is 35.5. The standard InChI is InChI=1S/C16H11Cl3FN3O2/c17-10-3-1-4-11(18)9(10)7-22-23-14(24)8-21-16(25)15-12(19)5-2-6-13(15)20/h1-7H,8H2,(H,21,25)(H,23,24)/b22-7+. The second-order valence-electron chi connectivity index (χ2n) is 4.71. The second kappa shape index (κ2) is 8.80. The van der Waals surface area contributed by atoms with Gasteiger partial charge in [0.25, 0.3) is 11.8 Å². The Morgan fingerprint density at radius 2 is 1.64 bits per heavy atom. The lowest BCUT2D eigenvalue weighted by atomic mass is 10.2. The first-order chi connectivity index (χ1) is 11.9. The number of benzene rings is 2. The first-order valence-corrected chi connectivity index (χ1v) is 8.01. The molecule has 0 aliphatic carbocycles. The summed E-state index contributed by atoms with van der Waals surface area (Å²) < 4.78 is 13.6. The number of amides is 2. The summed E-state index contributed by atoms with van der Waals surface area (Å²) in [7, 11) is 0. The van der Waals surface area contributed by atoms with E-state index in [-0.39, 0.29) is 10.6 Å². The van der Waals surface area contributed by atoms with Gasteiger partial charge in [-0.05, 0) is 24.3 Å². The average Bonchev–Trinajstić information content (AvgIpc) is 2.55. The predicted molar refractivity (Wildman–Crippen MR) is 95.9 cm³/mol. The van der Waals surface area contributed by atoms with Crippen LogP contribution >= 0.6 is 34.8 Å². The highest BCUT2D eigenvalue weighted by Crippen LogP contribution is 2.22. The number of nitrogens with one attached hydrogen (secondary N) is 2. The van der Waals surface area contributed by atoms with Crippen molar-refractivity contribution in [2.45, 2.75) is 0 Å². The zero-order valence-corrected chi connectivity index (χ0v) is 14.8. The molecule has 0 atom stereocenters. The van der Waals surface area contributed by atoms with Crippen LogP contribution < -0.4 is 10.7 Å². The summed E-state index contributed by atoms with van der Waals surface area (Å²) >= 11 is 17.7. The Kier molecular flexibility index (Phi) is 6.75. The van der Waals surface area contributed by atoms with Crippen LogP contribution in [0.15, 0.2) is 41.5 Å². The summed E-state index contributed by atoms with van der Waals surface area (Å²) in [5, 5.41) is 6.64. The van der Waals surface area contributed by atoms with Gasteiger partial charge in [0.05, 0.1) is 33.4 Å².